The number of aromatic nitrogens is 2. The molecule has 43 heavy (non-hydrogen) atoms. The van der Waals surface area contributed by atoms with Gasteiger partial charge >= 0.3 is 0 Å². The molecular weight excluding hydrogens is 560 g/mol. The van der Waals surface area contributed by atoms with Gasteiger partial charge in [0.15, 0.2) is 5.82 Å². The summed E-state index contributed by atoms with van der Waals surface area (Å²) in [4.78, 5) is 17.9. The SMILES string of the molecule is CCC/C(C(=N)c1nc(OCC2CCCN2C)cc(N2CCN(C)C3(CC3)C2)n1)=C(/O)C1CCCc2sc(N)c(C#N)c21. The maximum atomic E-state index is 11.8. The fraction of sp³-hybridized carbons (Fsp3) is 0.625. The molecule has 2 atom stereocenters. The molecule has 0 bridgehead atoms. The van der Waals surface area contributed by atoms with E-state index in [4.69, 9.17) is 20.4 Å². The lowest BCUT2D eigenvalue weighted by Crippen LogP contribution is -2.53. The summed E-state index contributed by atoms with van der Waals surface area (Å²) in [7, 11) is 4.34. The highest BCUT2D eigenvalue weighted by Gasteiger charge is 2.50. The Hall–Kier alpha value is -3.20. The minimum absolute atomic E-state index is 0.119. The molecule has 2 aromatic heterocycles. The molecule has 1 spiro atoms. The molecule has 11 heteroatoms. The largest absolute Gasteiger partial charge is 0.511 e. The van der Waals surface area contributed by atoms with Crippen LogP contribution >= 0.6 is 11.3 Å². The summed E-state index contributed by atoms with van der Waals surface area (Å²) in [5, 5.41) is 31.6. The lowest BCUT2D eigenvalue weighted by molar-refractivity contribution is 0.191. The lowest BCUT2D eigenvalue weighted by atomic mass is 9.81. The molecule has 0 amide bonds. The zero-order chi connectivity index (χ0) is 30.3. The van der Waals surface area contributed by atoms with Crippen molar-refractivity contribution in [1.29, 1.82) is 10.7 Å². The highest BCUT2D eigenvalue weighted by Crippen LogP contribution is 2.46. The maximum Gasteiger partial charge on any atom is 0.219 e. The smallest absolute Gasteiger partial charge is 0.219 e. The third-order valence-electron chi connectivity index (χ3n) is 10.0. The van der Waals surface area contributed by atoms with Gasteiger partial charge in [-0.05, 0) is 77.6 Å². The van der Waals surface area contributed by atoms with Crippen molar-refractivity contribution >= 4 is 27.9 Å². The molecule has 10 nitrogen and oxygen atoms in total. The van der Waals surface area contributed by atoms with E-state index in [2.05, 4.69) is 34.9 Å². The Morgan fingerprint density at radius 1 is 1.23 bits per heavy atom. The Balaban J connectivity index is 1.36. The van der Waals surface area contributed by atoms with Gasteiger partial charge in [0.05, 0.1) is 5.56 Å². The molecule has 2 saturated heterocycles. The minimum Gasteiger partial charge on any atom is -0.511 e. The number of nitriles is 1. The van der Waals surface area contributed by atoms with E-state index < -0.39 is 0 Å². The van der Waals surface area contributed by atoms with Gasteiger partial charge in [-0.3, -0.25) is 10.3 Å². The van der Waals surface area contributed by atoms with Crippen molar-refractivity contribution in [3.63, 3.8) is 0 Å². The number of piperazine rings is 1. The molecule has 2 aliphatic carbocycles. The molecular formula is C32H44N8O2S. The number of hydrogen-bond donors (Lipinski definition) is 3. The quantitative estimate of drug-likeness (QED) is 0.271. The number of anilines is 2. The third kappa shape index (κ3) is 5.73. The second-order valence-electron chi connectivity index (χ2n) is 12.8. The minimum atomic E-state index is -0.363. The highest BCUT2D eigenvalue weighted by molar-refractivity contribution is 7.16. The number of nitrogens with two attached hydrogens (primary N) is 1. The van der Waals surface area contributed by atoms with Gasteiger partial charge in [0.2, 0.25) is 5.88 Å². The zero-order valence-corrected chi connectivity index (χ0v) is 26.5. The summed E-state index contributed by atoms with van der Waals surface area (Å²) in [6.07, 6.45) is 8.33. The standard InChI is InChI=1S/C32H44N8O2S/c1-4-7-22(29(41)21-9-5-10-24-27(21)23(17-33)30(35)43-24)28(34)31-36-25(40-15-14-39(3)32(19-40)11-12-32)16-26(37-31)42-18-20-8-6-13-38(20)2/h16,20-21,34,41H,4-15,18-19,35H2,1-3H3/b29-22-,34-28?. The number of hydrogen-bond acceptors (Lipinski definition) is 11. The van der Waals surface area contributed by atoms with E-state index in [9.17, 15) is 15.8 Å². The molecule has 4 heterocycles. The number of allylic oxidation sites excluding steroid dienone is 2. The number of aliphatic hydroxyl groups excluding tert-OH is 1. The van der Waals surface area contributed by atoms with E-state index in [1.54, 1.807) is 0 Å². The van der Waals surface area contributed by atoms with Crippen LogP contribution in [0.3, 0.4) is 0 Å². The molecule has 6 rings (SSSR count). The molecule has 0 aromatic carbocycles. The van der Waals surface area contributed by atoms with Crippen LogP contribution in [0.5, 0.6) is 5.88 Å². The van der Waals surface area contributed by atoms with Crippen LogP contribution in [0.15, 0.2) is 17.4 Å². The number of likely N-dealkylation sites (N-methyl/N-ethyl adjacent to an activating group) is 2. The summed E-state index contributed by atoms with van der Waals surface area (Å²) < 4.78 is 6.31. The van der Waals surface area contributed by atoms with Crippen LogP contribution in [-0.2, 0) is 6.42 Å². The molecule has 0 radical (unpaired) electrons. The van der Waals surface area contributed by atoms with Crippen LogP contribution in [0, 0.1) is 16.7 Å². The van der Waals surface area contributed by atoms with Gasteiger partial charge in [0, 0.05) is 53.6 Å². The van der Waals surface area contributed by atoms with E-state index in [-0.39, 0.29) is 28.8 Å². The number of nitrogens with zero attached hydrogens (tertiary/aromatic N) is 6. The van der Waals surface area contributed by atoms with Gasteiger partial charge in [0.1, 0.15) is 35.0 Å². The normalized spacial score (nSPS) is 24.0. The van der Waals surface area contributed by atoms with Crippen molar-refractivity contribution in [3.05, 3.63) is 39.2 Å². The Kier molecular flexibility index (Phi) is 8.37. The Bertz CT molecular complexity index is 1460. The molecule has 2 aliphatic heterocycles. The Morgan fingerprint density at radius 2 is 2.05 bits per heavy atom. The lowest BCUT2D eigenvalue weighted by Gasteiger charge is -2.40. The highest BCUT2D eigenvalue weighted by atomic mass is 32.1. The van der Waals surface area contributed by atoms with Gasteiger partial charge in [-0.15, -0.1) is 11.3 Å². The van der Waals surface area contributed by atoms with Crippen molar-refractivity contribution in [2.75, 3.05) is 57.5 Å². The summed E-state index contributed by atoms with van der Waals surface area (Å²) in [5.41, 5.74) is 8.37. The van der Waals surface area contributed by atoms with Crippen molar-refractivity contribution in [2.24, 2.45) is 0 Å². The first kappa shape index (κ1) is 29.9. The van der Waals surface area contributed by atoms with Gasteiger partial charge in [-0.1, -0.05) is 13.3 Å². The first-order valence-corrected chi connectivity index (χ1v) is 16.6. The number of nitrogen functional groups attached to an aromatic ring is 1. The van der Waals surface area contributed by atoms with Crippen molar-refractivity contribution in [1.82, 2.24) is 19.8 Å². The molecule has 4 N–H and O–H groups in total. The van der Waals surface area contributed by atoms with E-state index in [1.165, 1.54) is 24.2 Å². The average molecular weight is 605 g/mol. The number of ether oxygens (including phenoxy) is 1. The van der Waals surface area contributed by atoms with Gasteiger partial charge in [0.25, 0.3) is 0 Å². The predicted octanol–water partition coefficient (Wildman–Crippen LogP) is 4.85. The van der Waals surface area contributed by atoms with Gasteiger partial charge in [-0.25, -0.2) is 4.98 Å². The molecule has 4 aliphatic rings. The Morgan fingerprint density at radius 3 is 2.74 bits per heavy atom. The molecule has 2 aromatic rings. The van der Waals surface area contributed by atoms with E-state index in [0.29, 0.717) is 47.5 Å². The zero-order valence-electron chi connectivity index (χ0n) is 25.7. The number of aliphatic hydroxyl groups is 1. The first-order valence-electron chi connectivity index (χ1n) is 15.8. The van der Waals surface area contributed by atoms with Crippen LogP contribution in [-0.4, -0.2) is 89.0 Å². The van der Waals surface area contributed by atoms with Crippen molar-refractivity contribution in [3.8, 4) is 11.9 Å². The van der Waals surface area contributed by atoms with Crippen molar-refractivity contribution < 1.29 is 9.84 Å². The summed E-state index contributed by atoms with van der Waals surface area (Å²) >= 11 is 1.45. The number of nitrogens with one attached hydrogen (secondary N) is 1. The molecule has 2 unspecified atom stereocenters. The van der Waals surface area contributed by atoms with Crippen LogP contribution < -0.4 is 15.4 Å². The fourth-order valence-electron chi connectivity index (χ4n) is 7.12. The van der Waals surface area contributed by atoms with Crippen LogP contribution in [0.2, 0.25) is 0 Å². The van der Waals surface area contributed by atoms with Gasteiger partial charge < -0.3 is 25.4 Å². The molecule has 230 valence electrons. The first-order chi connectivity index (χ1) is 20.7. The second kappa shape index (κ2) is 12.1. The van der Waals surface area contributed by atoms with E-state index in [1.807, 2.05) is 13.0 Å². The van der Waals surface area contributed by atoms with E-state index >= 15 is 0 Å². The summed E-state index contributed by atoms with van der Waals surface area (Å²) in [6.45, 7) is 6.34. The second-order valence-corrected chi connectivity index (χ2v) is 13.9. The number of fused-ring (bicyclic) bond motifs is 1. The summed E-state index contributed by atoms with van der Waals surface area (Å²) in [6, 6.07) is 4.54. The van der Waals surface area contributed by atoms with E-state index in [0.717, 1.165) is 74.5 Å². The fourth-order valence-corrected chi connectivity index (χ4v) is 8.24. The predicted molar refractivity (Wildman–Crippen MR) is 171 cm³/mol. The topological polar surface area (TPSA) is 139 Å². The summed E-state index contributed by atoms with van der Waals surface area (Å²) in [5.74, 6) is 1.30. The van der Waals surface area contributed by atoms with Gasteiger partial charge in [-0.2, -0.15) is 10.2 Å². The van der Waals surface area contributed by atoms with Crippen LogP contribution in [0.4, 0.5) is 10.8 Å². The third-order valence-corrected chi connectivity index (χ3v) is 11.1. The number of thiophene rings is 1. The number of rotatable bonds is 9. The number of likely N-dealkylation sites (tertiary alicyclic amines) is 1. The number of aryl methyl sites for hydroxylation is 1. The maximum absolute atomic E-state index is 11.8. The van der Waals surface area contributed by atoms with Crippen LogP contribution in [0.1, 0.15) is 86.0 Å². The average Bonchev–Trinajstić information content (AvgIpc) is 3.53. The monoisotopic (exact) mass is 604 g/mol. The Labute approximate surface area is 258 Å². The molecule has 1 saturated carbocycles. The van der Waals surface area contributed by atoms with Crippen LogP contribution in [0.25, 0.3) is 0 Å². The van der Waals surface area contributed by atoms with Crippen molar-refractivity contribution in [2.45, 2.75) is 82.2 Å². The molecule has 3 fully saturated rings.